The average Bonchev–Trinajstić information content (AvgIpc) is 2.60. The van der Waals surface area contributed by atoms with Gasteiger partial charge in [0.05, 0.1) is 17.8 Å². The van der Waals surface area contributed by atoms with Crippen LogP contribution in [0.25, 0.3) is 0 Å². The van der Waals surface area contributed by atoms with E-state index in [0.29, 0.717) is 16.5 Å². The molecule has 0 fully saturated rings. The maximum Gasteiger partial charge on any atom is 0.258 e. The van der Waals surface area contributed by atoms with Crippen molar-refractivity contribution in [2.24, 2.45) is 0 Å². The predicted octanol–water partition coefficient (Wildman–Crippen LogP) is 1.78. The SMILES string of the molecule is COc1ccc(Cl)c(N2C(=O)C=CC2=O)c1. The van der Waals surface area contributed by atoms with E-state index < -0.39 is 11.8 Å². The standard InChI is InChI=1S/C11H8ClNO3/c1-16-7-2-3-8(12)9(6-7)13-10(14)4-5-11(13)15/h2-6H,1H3. The van der Waals surface area contributed by atoms with Crippen LogP contribution in [0.4, 0.5) is 5.69 Å². The molecule has 1 aliphatic rings. The summed E-state index contributed by atoms with van der Waals surface area (Å²) in [7, 11) is 1.50. The van der Waals surface area contributed by atoms with Crippen LogP contribution in [0.2, 0.25) is 5.02 Å². The minimum Gasteiger partial charge on any atom is -0.497 e. The van der Waals surface area contributed by atoms with E-state index in [1.807, 2.05) is 0 Å². The number of halogens is 1. The summed E-state index contributed by atoms with van der Waals surface area (Å²) in [5.74, 6) is -0.271. The lowest BCUT2D eigenvalue weighted by Crippen LogP contribution is -2.29. The number of hydrogen-bond acceptors (Lipinski definition) is 3. The molecule has 82 valence electrons. The molecule has 0 aromatic heterocycles. The maximum absolute atomic E-state index is 11.5. The second-order valence-corrected chi connectivity index (χ2v) is 3.57. The van der Waals surface area contributed by atoms with Crippen molar-refractivity contribution in [3.63, 3.8) is 0 Å². The van der Waals surface area contributed by atoms with Crippen molar-refractivity contribution in [3.8, 4) is 5.75 Å². The minimum atomic E-state index is -0.403. The van der Waals surface area contributed by atoms with Gasteiger partial charge in [0.25, 0.3) is 11.8 Å². The first kappa shape index (κ1) is 10.7. The minimum absolute atomic E-state index is 0.325. The number of rotatable bonds is 2. The lowest BCUT2D eigenvalue weighted by molar-refractivity contribution is -0.119. The molecule has 1 aromatic rings. The van der Waals surface area contributed by atoms with E-state index in [1.54, 1.807) is 18.2 Å². The number of carbonyl (C=O) groups is 2. The van der Waals surface area contributed by atoms with Crippen LogP contribution in [0.3, 0.4) is 0 Å². The Kier molecular flexibility index (Phi) is 2.66. The Bertz CT molecular complexity index is 478. The second kappa shape index (κ2) is 3.98. The highest BCUT2D eigenvalue weighted by Gasteiger charge is 2.27. The van der Waals surface area contributed by atoms with Gasteiger partial charge in [0.1, 0.15) is 5.75 Å². The third-order valence-electron chi connectivity index (χ3n) is 2.20. The van der Waals surface area contributed by atoms with Crippen LogP contribution in [0.15, 0.2) is 30.4 Å². The van der Waals surface area contributed by atoms with Crippen LogP contribution < -0.4 is 9.64 Å². The fraction of sp³-hybridized carbons (Fsp3) is 0.0909. The number of benzene rings is 1. The molecular formula is C11H8ClNO3. The summed E-state index contributed by atoms with van der Waals surface area (Å²) in [6.07, 6.45) is 2.41. The molecule has 2 rings (SSSR count). The van der Waals surface area contributed by atoms with Gasteiger partial charge >= 0.3 is 0 Å². The zero-order chi connectivity index (χ0) is 11.7. The van der Waals surface area contributed by atoms with E-state index in [2.05, 4.69) is 0 Å². The van der Waals surface area contributed by atoms with E-state index in [1.165, 1.54) is 19.3 Å². The fourth-order valence-electron chi connectivity index (χ4n) is 1.43. The van der Waals surface area contributed by atoms with Crippen LogP contribution in [-0.2, 0) is 9.59 Å². The van der Waals surface area contributed by atoms with Gasteiger partial charge in [-0.05, 0) is 12.1 Å². The summed E-state index contributed by atoms with van der Waals surface area (Å²) in [4.78, 5) is 23.9. The normalized spacial score (nSPS) is 14.8. The summed E-state index contributed by atoms with van der Waals surface area (Å²) < 4.78 is 5.01. The van der Waals surface area contributed by atoms with Gasteiger partial charge in [-0.1, -0.05) is 11.6 Å². The molecule has 4 nitrogen and oxygen atoms in total. The zero-order valence-electron chi connectivity index (χ0n) is 8.44. The Morgan fingerprint density at radius 1 is 1.19 bits per heavy atom. The number of anilines is 1. The number of nitrogens with zero attached hydrogens (tertiary/aromatic N) is 1. The molecule has 0 N–H and O–H groups in total. The topological polar surface area (TPSA) is 46.6 Å². The number of hydrogen-bond donors (Lipinski definition) is 0. The first-order chi connectivity index (χ1) is 7.63. The summed E-state index contributed by atoms with van der Waals surface area (Å²) >= 11 is 5.93. The van der Waals surface area contributed by atoms with E-state index in [9.17, 15) is 9.59 Å². The van der Waals surface area contributed by atoms with Crippen LogP contribution in [0.5, 0.6) is 5.75 Å². The first-order valence-electron chi connectivity index (χ1n) is 4.53. The maximum atomic E-state index is 11.5. The van der Waals surface area contributed by atoms with E-state index in [0.717, 1.165) is 4.90 Å². The first-order valence-corrected chi connectivity index (χ1v) is 4.91. The van der Waals surface area contributed by atoms with E-state index in [4.69, 9.17) is 16.3 Å². The molecule has 2 amide bonds. The van der Waals surface area contributed by atoms with Gasteiger partial charge in [-0.3, -0.25) is 9.59 Å². The molecule has 0 saturated carbocycles. The summed E-state index contributed by atoms with van der Waals surface area (Å²) in [5, 5.41) is 0.325. The Morgan fingerprint density at radius 2 is 1.81 bits per heavy atom. The number of ether oxygens (including phenoxy) is 1. The molecular weight excluding hydrogens is 230 g/mol. The van der Waals surface area contributed by atoms with Crippen LogP contribution >= 0.6 is 11.6 Å². The van der Waals surface area contributed by atoms with E-state index >= 15 is 0 Å². The van der Waals surface area contributed by atoms with Gasteiger partial charge < -0.3 is 4.74 Å². The lowest BCUT2D eigenvalue weighted by atomic mass is 10.2. The predicted molar refractivity (Wildman–Crippen MR) is 59.6 cm³/mol. The third kappa shape index (κ3) is 1.67. The average molecular weight is 238 g/mol. The lowest BCUT2D eigenvalue weighted by Gasteiger charge is -2.16. The van der Waals surface area contributed by atoms with Gasteiger partial charge in [-0.15, -0.1) is 0 Å². The number of carbonyl (C=O) groups excluding carboxylic acids is 2. The Morgan fingerprint density at radius 3 is 2.38 bits per heavy atom. The van der Waals surface area contributed by atoms with Crippen molar-refractivity contribution in [2.75, 3.05) is 12.0 Å². The highest BCUT2D eigenvalue weighted by Crippen LogP contribution is 2.31. The molecule has 1 aromatic carbocycles. The van der Waals surface area contributed by atoms with Crippen LogP contribution in [-0.4, -0.2) is 18.9 Å². The van der Waals surface area contributed by atoms with Crippen molar-refractivity contribution in [1.82, 2.24) is 0 Å². The van der Waals surface area contributed by atoms with Gasteiger partial charge in [0.2, 0.25) is 0 Å². The molecule has 0 saturated heterocycles. The number of methoxy groups -OCH3 is 1. The molecule has 16 heavy (non-hydrogen) atoms. The molecule has 0 atom stereocenters. The quantitative estimate of drug-likeness (QED) is 0.737. The van der Waals surface area contributed by atoms with Crippen molar-refractivity contribution in [3.05, 3.63) is 35.4 Å². The highest BCUT2D eigenvalue weighted by molar-refractivity contribution is 6.37. The summed E-state index contributed by atoms with van der Waals surface area (Å²) in [6.45, 7) is 0. The van der Waals surface area contributed by atoms with Crippen molar-refractivity contribution in [2.45, 2.75) is 0 Å². The van der Waals surface area contributed by atoms with Crippen molar-refractivity contribution >= 4 is 29.1 Å². The van der Waals surface area contributed by atoms with Crippen LogP contribution in [0, 0.1) is 0 Å². The molecule has 0 aliphatic carbocycles. The van der Waals surface area contributed by atoms with Crippen LogP contribution in [0.1, 0.15) is 0 Å². The molecule has 5 heteroatoms. The monoisotopic (exact) mass is 237 g/mol. The van der Waals surface area contributed by atoms with Gasteiger partial charge in [0, 0.05) is 18.2 Å². The smallest absolute Gasteiger partial charge is 0.258 e. The van der Waals surface area contributed by atoms with Crippen molar-refractivity contribution in [1.29, 1.82) is 0 Å². The molecule has 1 heterocycles. The second-order valence-electron chi connectivity index (χ2n) is 3.16. The molecule has 1 aliphatic heterocycles. The largest absolute Gasteiger partial charge is 0.497 e. The fourth-order valence-corrected chi connectivity index (χ4v) is 1.63. The van der Waals surface area contributed by atoms with Gasteiger partial charge in [-0.2, -0.15) is 0 Å². The zero-order valence-corrected chi connectivity index (χ0v) is 9.19. The van der Waals surface area contributed by atoms with Crippen molar-refractivity contribution < 1.29 is 14.3 Å². The molecule has 0 radical (unpaired) electrons. The Balaban J connectivity index is 2.47. The highest BCUT2D eigenvalue weighted by atomic mass is 35.5. The molecule has 0 unspecified atom stereocenters. The Labute approximate surface area is 97.1 Å². The Hall–Kier alpha value is -1.81. The van der Waals surface area contributed by atoms with Gasteiger partial charge in [0.15, 0.2) is 0 Å². The molecule has 0 bridgehead atoms. The van der Waals surface area contributed by atoms with Gasteiger partial charge in [-0.25, -0.2) is 4.90 Å². The summed E-state index contributed by atoms with van der Waals surface area (Å²) in [5.41, 5.74) is 0.334. The summed E-state index contributed by atoms with van der Waals surface area (Å²) in [6, 6.07) is 4.78. The number of amides is 2. The third-order valence-corrected chi connectivity index (χ3v) is 2.52. The van der Waals surface area contributed by atoms with E-state index in [-0.39, 0.29) is 0 Å². The molecule has 0 spiro atoms. The number of imide groups is 1.